The summed E-state index contributed by atoms with van der Waals surface area (Å²) in [4.78, 5) is 36.2. The number of aromatic amines is 1. The Morgan fingerprint density at radius 3 is 2.84 bits per heavy atom. The van der Waals surface area contributed by atoms with Crippen molar-refractivity contribution in [1.29, 1.82) is 0 Å². The number of thiazole rings is 1. The molecule has 0 saturated heterocycles. The van der Waals surface area contributed by atoms with Gasteiger partial charge in [0.05, 0.1) is 16.6 Å². The minimum absolute atomic E-state index is 0.181. The van der Waals surface area contributed by atoms with Crippen molar-refractivity contribution < 1.29 is 14.3 Å². The van der Waals surface area contributed by atoms with Crippen molar-refractivity contribution >= 4 is 33.3 Å². The molecule has 1 aliphatic heterocycles. The molecule has 8 nitrogen and oxygen atoms in total. The molecule has 0 aliphatic carbocycles. The maximum Gasteiger partial charge on any atom is 0.258 e. The van der Waals surface area contributed by atoms with Crippen LogP contribution in [0.25, 0.3) is 22.2 Å². The third-order valence-corrected chi connectivity index (χ3v) is 5.60. The van der Waals surface area contributed by atoms with E-state index in [-0.39, 0.29) is 17.9 Å². The number of para-hydroxylation sites is 1. The Morgan fingerprint density at radius 2 is 1.94 bits per heavy atom. The number of fused-ring (bicyclic) bond motifs is 2. The van der Waals surface area contributed by atoms with Crippen LogP contribution < -0.4 is 20.3 Å². The molecular weight excluding hydrogens is 416 g/mol. The second kappa shape index (κ2) is 8.19. The number of hydrogen-bond acceptors (Lipinski definition) is 7. The molecule has 0 atom stereocenters. The van der Waals surface area contributed by atoms with Gasteiger partial charge in [-0.05, 0) is 30.3 Å². The largest absolute Gasteiger partial charge is 0.486 e. The van der Waals surface area contributed by atoms with Gasteiger partial charge in [-0.25, -0.2) is 9.97 Å². The van der Waals surface area contributed by atoms with E-state index in [2.05, 4.69) is 20.3 Å². The van der Waals surface area contributed by atoms with Crippen molar-refractivity contribution in [2.24, 2.45) is 0 Å². The zero-order valence-corrected chi connectivity index (χ0v) is 17.2. The normalized spacial score (nSPS) is 12.6. The quantitative estimate of drug-likeness (QED) is 0.499. The number of aromatic nitrogens is 3. The highest BCUT2D eigenvalue weighted by molar-refractivity contribution is 7.14. The van der Waals surface area contributed by atoms with Crippen LogP contribution in [-0.2, 0) is 11.2 Å². The first-order chi connectivity index (χ1) is 15.2. The fourth-order valence-corrected chi connectivity index (χ4v) is 4.07. The molecule has 1 aliphatic rings. The van der Waals surface area contributed by atoms with Gasteiger partial charge in [0, 0.05) is 23.8 Å². The van der Waals surface area contributed by atoms with Crippen molar-refractivity contribution in [3.63, 3.8) is 0 Å². The van der Waals surface area contributed by atoms with Gasteiger partial charge in [-0.1, -0.05) is 12.1 Å². The monoisotopic (exact) mass is 434 g/mol. The van der Waals surface area contributed by atoms with Crippen LogP contribution >= 0.6 is 11.3 Å². The number of nitrogens with one attached hydrogen (secondary N) is 2. The summed E-state index contributed by atoms with van der Waals surface area (Å²) in [5.41, 5.74) is 2.05. The second-order valence-corrected chi connectivity index (χ2v) is 7.83. The van der Waals surface area contributed by atoms with Gasteiger partial charge in [0.1, 0.15) is 19.0 Å². The number of ether oxygens (including phenoxy) is 2. The summed E-state index contributed by atoms with van der Waals surface area (Å²) in [6.07, 6.45) is 0.506. The Balaban J connectivity index is 1.24. The number of rotatable bonds is 5. The summed E-state index contributed by atoms with van der Waals surface area (Å²) in [7, 11) is 0. The van der Waals surface area contributed by atoms with E-state index in [0.29, 0.717) is 47.2 Å². The van der Waals surface area contributed by atoms with E-state index in [9.17, 15) is 9.59 Å². The minimum Gasteiger partial charge on any atom is -0.486 e. The van der Waals surface area contributed by atoms with Gasteiger partial charge < -0.3 is 19.8 Å². The number of amides is 1. The summed E-state index contributed by atoms with van der Waals surface area (Å²) < 4.78 is 11.2. The van der Waals surface area contributed by atoms with Crippen LogP contribution in [0.3, 0.4) is 0 Å². The van der Waals surface area contributed by atoms with Crippen molar-refractivity contribution in [3.05, 3.63) is 64.0 Å². The smallest absolute Gasteiger partial charge is 0.258 e. The molecule has 2 aromatic heterocycles. The SMILES string of the molecule is O=C(CCc1nc2ccccc2c(=O)[nH]1)Nc1nc(-c2ccc3c(c2)OCCO3)cs1. The van der Waals surface area contributed by atoms with Crippen LogP contribution in [0.5, 0.6) is 11.5 Å². The first kappa shape index (κ1) is 19.3. The van der Waals surface area contributed by atoms with Crippen LogP contribution in [0.1, 0.15) is 12.2 Å². The lowest BCUT2D eigenvalue weighted by atomic mass is 10.1. The number of aryl methyl sites for hydroxylation is 1. The zero-order valence-electron chi connectivity index (χ0n) is 16.4. The number of nitrogens with zero attached hydrogens (tertiary/aromatic N) is 2. The number of benzene rings is 2. The van der Waals surface area contributed by atoms with Gasteiger partial charge in [0.15, 0.2) is 16.6 Å². The molecular formula is C22H18N4O4S. The van der Waals surface area contributed by atoms with Gasteiger partial charge in [-0.15, -0.1) is 11.3 Å². The summed E-state index contributed by atoms with van der Waals surface area (Å²) in [6.45, 7) is 1.06. The van der Waals surface area contributed by atoms with Gasteiger partial charge >= 0.3 is 0 Å². The molecule has 0 unspecified atom stereocenters. The van der Waals surface area contributed by atoms with Crippen LogP contribution in [0.15, 0.2) is 52.6 Å². The highest BCUT2D eigenvalue weighted by atomic mass is 32.1. The number of anilines is 1. The molecule has 0 spiro atoms. The van der Waals surface area contributed by atoms with Crippen LogP contribution in [0, 0.1) is 0 Å². The molecule has 2 N–H and O–H groups in total. The van der Waals surface area contributed by atoms with Gasteiger partial charge in [-0.3, -0.25) is 9.59 Å². The predicted octanol–water partition coefficient (Wildman–Crippen LogP) is 3.39. The molecule has 9 heteroatoms. The summed E-state index contributed by atoms with van der Waals surface area (Å²) in [5, 5.41) is 5.73. The Bertz CT molecular complexity index is 1330. The summed E-state index contributed by atoms with van der Waals surface area (Å²) >= 11 is 1.35. The summed E-state index contributed by atoms with van der Waals surface area (Å²) in [5.74, 6) is 1.70. The van der Waals surface area contributed by atoms with Crippen molar-refractivity contribution in [2.75, 3.05) is 18.5 Å². The molecule has 156 valence electrons. The van der Waals surface area contributed by atoms with Gasteiger partial charge in [-0.2, -0.15) is 0 Å². The lowest BCUT2D eigenvalue weighted by Gasteiger charge is -2.18. The zero-order chi connectivity index (χ0) is 21.2. The second-order valence-electron chi connectivity index (χ2n) is 6.97. The fourth-order valence-electron chi connectivity index (χ4n) is 3.33. The summed E-state index contributed by atoms with van der Waals surface area (Å²) in [6, 6.07) is 12.8. The standard InChI is InChI=1S/C22H18N4O4S/c27-20(8-7-19-23-15-4-2-1-3-14(15)21(28)25-19)26-22-24-16(12-31-22)13-5-6-17-18(11-13)30-10-9-29-17/h1-6,11-12H,7-10H2,(H,23,25,28)(H,24,26,27). The Labute approximate surface area is 180 Å². The first-order valence-corrected chi connectivity index (χ1v) is 10.7. The molecule has 0 bridgehead atoms. The molecule has 0 fully saturated rings. The third kappa shape index (κ3) is 4.13. The van der Waals surface area contributed by atoms with Crippen molar-refractivity contribution in [1.82, 2.24) is 15.0 Å². The predicted molar refractivity (Wildman–Crippen MR) is 118 cm³/mol. The van der Waals surface area contributed by atoms with E-state index in [4.69, 9.17) is 9.47 Å². The number of H-pyrrole nitrogens is 1. The van der Waals surface area contributed by atoms with E-state index in [1.807, 2.05) is 29.6 Å². The maximum absolute atomic E-state index is 12.4. The number of carbonyl (C=O) groups excluding carboxylic acids is 1. The topological polar surface area (TPSA) is 106 Å². The highest BCUT2D eigenvalue weighted by Gasteiger charge is 2.15. The van der Waals surface area contributed by atoms with Crippen LogP contribution in [-0.4, -0.2) is 34.1 Å². The lowest BCUT2D eigenvalue weighted by Crippen LogP contribution is -2.16. The van der Waals surface area contributed by atoms with Gasteiger partial charge in [0.2, 0.25) is 5.91 Å². The van der Waals surface area contributed by atoms with Gasteiger partial charge in [0.25, 0.3) is 5.56 Å². The lowest BCUT2D eigenvalue weighted by molar-refractivity contribution is -0.116. The molecule has 3 heterocycles. The molecule has 0 saturated carbocycles. The maximum atomic E-state index is 12.4. The van der Waals surface area contributed by atoms with E-state index < -0.39 is 0 Å². The average Bonchev–Trinajstić information content (AvgIpc) is 3.26. The Kier molecular flexibility index (Phi) is 5.09. The van der Waals surface area contributed by atoms with Crippen LogP contribution in [0.4, 0.5) is 5.13 Å². The molecule has 2 aromatic carbocycles. The molecule has 4 aromatic rings. The highest BCUT2D eigenvalue weighted by Crippen LogP contribution is 2.35. The Morgan fingerprint density at radius 1 is 1.10 bits per heavy atom. The molecule has 5 rings (SSSR count). The van der Waals surface area contributed by atoms with E-state index in [1.165, 1.54) is 11.3 Å². The average molecular weight is 434 g/mol. The fraction of sp³-hybridized carbons (Fsp3) is 0.182. The minimum atomic E-state index is -0.204. The first-order valence-electron chi connectivity index (χ1n) is 9.79. The van der Waals surface area contributed by atoms with E-state index >= 15 is 0 Å². The molecule has 31 heavy (non-hydrogen) atoms. The van der Waals surface area contributed by atoms with Crippen molar-refractivity contribution in [2.45, 2.75) is 12.8 Å². The molecule has 1 amide bonds. The van der Waals surface area contributed by atoms with Crippen LogP contribution in [0.2, 0.25) is 0 Å². The Hall–Kier alpha value is -3.72. The van der Waals surface area contributed by atoms with E-state index in [1.54, 1.807) is 18.2 Å². The third-order valence-electron chi connectivity index (χ3n) is 4.84. The number of carbonyl (C=O) groups is 1. The van der Waals surface area contributed by atoms with E-state index in [0.717, 1.165) is 17.0 Å². The molecule has 0 radical (unpaired) electrons. The van der Waals surface area contributed by atoms with Crippen molar-refractivity contribution in [3.8, 4) is 22.8 Å². The number of hydrogen-bond donors (Lipinski definition) is 2.